The summed E-state index contributed by atoms with van der Waals surface area (Å²) in [5, 5.41) is 4.18. The SMILES string of the molecule is CCOC(=O)c1cnc2c(-c3cccc(Cl)c3)c(OS(=O)(=O)C(F)(F)F)nn2c1C(C)C. The highest BCUT2D eigenvalue weighted by Crippen LogP contribution is 2.38. The van der Waals surface area contributed by atoms with Crippen LogP contribution in [0.1, 0.15) is 42.7 Å². The van der Waals surface area contributed by atoms with E-state index in [0.717, 1.165) is 4.52 Å². The molecule has 0 aliphatic carbocycles. The van der Waals surface area contributed by atoms with Crippen LogP contribution >= 0.6 is 11.6 Å². The number of ether oxygens (including phenoxy) is 1. The van der Waals surface area contributed by atoms with Gasteiger partial charge in [-0.15, -0.1) is 5.10 Å². The Morgan fingerprint density at radius 1 is 1.28 bits per heavy atom. The van der Waals surface area contributed by atoms with Crippen molar-refractivity contribution < 1.29 is 35.3 Å². The summed E-state index contributed by atoms with van der Waals surface area (Å²) >= 11 is 6.01. The van der Waals surface area contributed by atoms with Crippen LogP contribution in [0.25, 0.3) is 16.8 Å². The molecule has 2 heterocycles. The maximum Gasteiger partial charge on any atom is 0.534 e. The molecule has 3 aromatic rings. The molecular formula is C19H17ClF3N3O5S. The second-order valence-electron chi connectivity index (χ2n) is 6.84. The quantitative estimate of drug-likeness (QED) is 0.283. The second kappa shape index (κ2) is 8.58. The molecule has 1 aromatic carbocycles. The minimum atomic E-state index is -6.04. The number of benzene rings is 1. The van der Waals surface area contributed by atoms with E-state index >= 15 is 0 Å². The number of halogens is 4. The lowest BCUT2D eigenvalue weighted by Crippen LogP contribution is -2.28. The molecule has 0 fully saturated rings. The van der Waals surface area contributed by atoms with Crippen molar-refractivity contribution >= 4 is 33.3 Å². The van der Waals surface area contributed by atoms with Crippen LogP contribution in [-0.2, 0) is 14.9 Å². The lowest BCUT2D eigenvalue weighted by molar-refractivity contribution is -0.0501. The number of carbonyl (C=O) groups is 1. The van der Waals surface area contributed by atoms with E-state index in [4.69, 9.17) is 16.3 Å². The molecule has 0 aliphatic rings. The first-order chi connectivity index (χ1) is 14.9. The standard InChI is InChI=1S/C19H17ClF3N3O5S/c1-4-30-18(27)13-9-24-16-14(11-6-5-7-12(20)8-11)17(25-26(16)15(13)10(2)3)31-32(28,29)19(21,22)23/h5-10H,4H2,1-3H3. The van der Waals surface area contributed by atoms with Crippen molar-refractivity contribution in [2.45, 2.75) is 32.2 Å². The maximum atomic E-state index is 13.0. The van der Waals surface area contributed by atoms with Crippen molar-refractivity contribution in [3.8, 4) is 17.0 Å². The molecule has 0 saturated carbocycles. The first-order valence-corrected chi connectivity index (χ1v) is 11.0. The van der Waals surface area contributed by atoms with E-state index in [1.807, 2.05) is 0 Å². The van der Waals surface area contributed by atoms with Gasteiger partial charge in [-0.25, -0.2) is 14.3 Å². The summed E-state index contributed by atoms with van der Waals surface area (Å²) in [5.74, 6) is -1.95. The summed E-state index contributed by atoms with van der Waals surface area (Å²) in [6.45, 7) is 5.12. The number of fused-ring (bicyclic) bond motifs is 1. The third-order valence-corrected chi connectivity index (χ3v) is 5.46. The Labute approximate surface area is 186 Å². The van der Waals surface area contributed by atoms with Crippen LogP contribution in [0.4, 0.5) is 13.2 Å². The fourth-order valence-corrected chi connectivity index (χ4v) is 3.62. The van der Waals surface area contributed by atoms with Crippen molar-refractivity contribution in [2.75, 3.05) is 6.61 Å². The highest BCUT2D eigenvalue weighted by Gasteiger charge is 2.49. The van der Waals surface area contributed by atoms with Crippen molar-refractivity contribution in [1.29, 1.82) is 0 Å². The summed E-state index contributed by atoms with van der Waals surface area (Å²) < 4.78 is 72.9. The van der Waals surface area contributed by atoms with Crippen LogP contribution < -0.4 is 4.18 Å². The van der Waals surface area contributed by atoms with Crippen molar-refractivity contribution in [3.63, 3.8) is 0 Å². The van der Waals surface area contributed by atoms with E-state index < -0.39 is 27.5 Å². The monoisotopic (exact) mass is 491 g/mol. The van der Waals surface area contributed by atoms with Gasteiger partial charge in [0.25, 0.3) is 5.88 Å². The predicted molar refractivity (Wildman–Crippen MR) is 109 cm³/mol. The molecule has 0 unspecified atom stereocenters. The van der Waals surface area contributed by atoms with Gasteiger partial charge in [0.2, 0.25) is 0 Å². The van der Waals surface area contributed by atoms with Crippen molar-refractivity contribution in [3.05, 3.63) is 46.7 Å². The minimum absolute atomic E-state index is 0.0275. The topological polar surface area (TPSA) is 99.9 Å². The van der Waals surface area contributed by atoms with Crippen LogP contribution in [0.5, 0.6) is 5.88 Å². The molecule has 32 heavy (non-hydrogen) atoms. The second-order valence-corrected chi connectivity index (χ2v) is 8.82. The number of alkyl halides is 3. The van der Waals surface area contributed by atoms with Crippen LogP contribution in [-0.4, -0.2) is 41.1 Å². The summed E-state index contributed by atoms with van der Waals surface area (Å²) in [7, 11) is -6.04. The predicted octanol–water partition coefficient (Wildman–Crippen LogP) is 4.58. The zero-order chi connectivity index (χ0) is 23.8. The summed E-state index contributed by atoms with van der Waals surface area (Å²) in [4.78, 5) is 16.5. The Kier molecular flexibility index (Phi) is 6.38. The lowest BCUT2D eigenvalue weighted by Gasteiger charge is -2.13. The molecule has 2 aromatic heterocycles. The van der Waals surface area contributed by atoms with E-state index in [-0.39, 0.29) is 45.6 Å². The van der Waals surface area contributed by atoms with Crippen molar-refractivity contribution in [2.24, 2.45) is 0 Å². The van der Waals surface area contributed by atoms with E-state index in [2.05, 4.69) is 14.3 Å². The van der Waals surface area contributed by atoms with Gasteiger partial charge in [-0.05, 0) is 30.5 Å². The molecule has 0 bridgehead atoms. The van der Waals surface area contributed by atoms with E-state index in [1.165, 1.54) is 30.5 Å². The molecule has 0 saturated heterocycles. The van der Waals surface area contributed by atoms with Crippen LogP contribution in [0.3, 0.4) is 0 Å². The molecule has 0 amide bonds. The molecule has 0 spiro atoms. The van der Waals surface area contributed by atoms with Gasteiger partial charge in [0, 0.05) is 11.2 Å². The highest BCUT2D eigenvalue weighted by molar-refractivity contribution is 7.88. The number of rotatable bonds is 6. The number of esters is 1. The largest absolute Gasteiger partial charge is 0.534 e. The van der Waals surface area contributed by atoms with Gasteiger partial charge < -0.3 is 8.92 Å². The smallest absolute Gasteiger partial charge is 0.462 e. The summed E-state index contributed by atoms with van der Waals surface area (Å²) in [6.07, 6.45) is 1.19. The van der Waals surface area contributed by atoms with Gasteiger partial charge in [-0.2, -0.15) is 21.6 Å². The van der Waals surface area contributed by atoms with Gasteiger partial charge in [0.05, 0.1) is 23.4 Å². The van der Waals surface area contributed by atoms with Crippen molar-refractivity contribution in [1.82, 2.24) is 14.6 Å². The summed E-state index contributed by atoms with van der Waals surface area (Å²) in [6, 6.07) is 5.91. The van der Waals surface area contributed by atoms with Gasteiger partial charge in [0.1, 0.15) is 0 Å². The number of hydrogen-bond donors (Lipinski definition) is 0. The molecule has 0 atom stereocenters. The molecule has 13 heteroatoms. The fourth-order valence-electron chi connectivity index (χ4n) is 3.01. The first kappa shape index (κ1) is 23.8. The van der Waals surface area contributed by atoms with Crippen LogP contribution in [0, 0.1) is 0 Å². The Morgan fingerprint density at radius 2 is 1.97 bits per heavy atom. The molecule has 8 nitrogen and oxygen atoms in total. The number of carbonyl (C=O) groups excluding carboxylic acids is 1. The lowest BCUT2D eigenvalue weighted by atomic mass is 10.0. The number of nitrogens with zero attached hydrogens (tertiary/aromatic N) is 3. The normalized spacial score (nSPS) is 12.4. The Morgan fingerprint density at radius 3 is 2.53 bits per heavy atom. The third kappa shape index (κ3) is 4.37. The minimum Gasteiger partial charge on any atom is -0.462 e. The zero-order valence-corrected chi connectivity index (χ0v) is 18.5. The van der Waals surface area contributed by atoms with Crippen LogP contribution in [0.2, 0.25) is 5.02 Å². The first-order valence-electron chi connectivity index (χ1n) is 9.22. The number of aromatic nitrogens is 3. The fraction of sp³-hybridized carbons (Fsp3) is 0.316. The Hall–Kier alpha value is -2.86. The molecule has 0 N–H and O–H groups in total. The molecule has 0 aliphatic heterocycles. The van der Waals surface area contributed by atoms with Gasteiger partial charge in [-0.1, -0.05) is 37.6 Å². The van der Waals surface area contributed by atoms with Gasteiger partial charge in [0.15, 0.2) is 5.65 Å². The molecular weight excluding hydrogens is 475 g/mol. The van der Waals surface area contributed by atoms with E-state index in [0.29, 0.717) is 0 Å². The average Bonchev–Trinajstić information content (AvgIpc) is 3.03. The Bertz CT molecular complexity index is 1290. The molecule has 3 rings (SSSR count). The molecule has 0 radical (unpaired) electrons. The van der Waals surface area contributed by atoms with E-state index in [9.17, 15) is 26.4 Å². The van der Waals surface area contributed by atoms with E-state index in [1.54, 1.807) is 20.8 Å². The highest BCUT2D eigenvalue weighted by atomic mass is 35.5. The average molecular weight is 492 g/mol. The van der Waals surface area contributed by atoms with Gasteiger partial charge >= 0.3 is 21.6 Å². The zero-order valence-electron chi connectivity index (χ0n) is 17.0. The third-order valence-electron chi connectivity index (χ3n) is 4.28. The van der Waals surface area contributed by atoms with Gasteiger partial charge in [-0.3, -0.25) is 0 Å². The maximum absolute atomic E-state index is 13.0. The van der Waals surface area contributed by atoms with Crippen LogP contribution in [0.15, 0.2) is 30.5 Å². The summed E-state index contributed by atoms with van der Waals surface area (Å²) in [5.41, 5.74) is -5.37. The number of hydrogen-bond acceptors (Lipinski definition) is 7. The molecule has 172 valence electrons. The Balaban J connectivity index is 2.37.